The van der Waals surface area contributed by atoms with Gasteiger partial charge in [-0.25, -0.2) is 0 Å². The molecule has 3 amide bonds. The summed E-state index contributed by atoms with van der Waals surface area (Å²) in [5.74, 6) is -1.48. The lowest BCUT2D eigenvalue weighted by molar-refractivity contribution is -0.120. The summed E-state index contributed by atoms with van der Waals surface area (Å²) in [6.45, 7) is -0.302. The summed E-state index contributed by atoms with van der Waals surface area (Å²) in [6.07, 6.45) is 0. The second-order valence-corrected chi connectivity index (χ2v) is 6.05. The monoisotopic (exact) mass is 371 g/mol. The number of carbonyl (C=O) groups is 3. The third-order valence-electron chi connectivity index (χ3n) is 2.65. The van der Waals surface area contributed by atoms with Crippen molar-refractivity contribution in [2.45, 2.75) is 0 Å². The predicted molar refractivity (Wildman–Crippen MR) is 88.7 cm³/mol. The quantitative estimate of drug-likeness (QED) is 0.720. The highest BCUT2D eigenvalue weighted by Gasteiger charge is 2.11. The molecule has 0 fully saturated rings. The van der Waals surface area contributed by atoms with Crippen LogP contribution in [0.15, 0.2) is 35.7 Å². The van der Waals surface area contributed by atoms with E-state index in [1.54, 1.807) is 17.5 Å². The van der Waals surface area contributed by atoms with E-state index in [1.807, 2.05) is 0 Å². The molecule has 0 spiro atoms. The van der Waals surface area contributed by atoms with Crippen molar-refractivity contribution in [2.75, 3.05) is 6.54 Å². The summed E-state index contributed by atoms with van der Waals surface area (Å²) >= 11 is 12.8. The van der Waals surface area contributed by atoms with E-state index in [9.17, 15) is 14.4 Å². The molecule has 2 aromatic rings. The standard InChI is InChI=1S/C14H11Cl2N3O3S/c15-9-4-3-8(6-10(9)16)13(21)17-7-12(20)18-19-14(22)11-2-1-5-23-11/h1-6H,7H2,(H,17,21)(H,18,20)(H,19,22). The van der Waals surface area contributed by atoms with Crippen molar-refractivity contribution in [3.8, 4) is 0 Å². The molecule has 0 saturated carbocycles. The van der Waals surface area contributed by atoms with Crippen LogP contribution in [0.3, 0.4) is 0 Å². The van der Waals surface area contributed by atoms with Crippen LogP contribution in [0.1, 0.15) is 20.0 Å². The molecule has 1 heterocycles. The molecule has 23 heavy (non-hydrogen) atoms. The maximum Gasteiger partial charge on any atom is 0.279 e. The average molecular weight is 372 g/mol. The Bertz CT molecular complexity index is 735. The number of benzene rings is 1. The maximum absolute atomic E-state index is 11.9. The average Bonchev–Trinajstić information content (AvgIpc) is 3.07. The van der Waals surface area contributed by atoms with Gasteiger partial charge < -0.3 is 5.32 Å². The number of rotatable bonds is 4. The van der Waals surface area contributed by atoms with Crippen LogP contribution < -0.4 is 16.2 Å². The van der Waals surface area contributed by atoms with Gasteiger partial charge in [-0.2, -0.15) is 0 Å². The van der Waals surface area contributed by atoms with Gasteiger partial charge in [-0.05, 0) is 29.6 Å². The normalized spacial score (nSPS) is 10.0. The molecular weight excluding hydrogens is 361 g/mol. The molecule has 0 aliphatic carbocycles. The molecule has 120 valence electrons. The number of hydrogen-bond donors (Lipinski definition) is 3. The van der Waals surface area contributed by atoms with Gasteiger partial charge in [0.05, 0.1) is 21.5 Å². The van der Waals surface area contributed by atoms with Crippen LogP contribution >= 0.6 is 34.5 Å². The number of halogens is 2. The largest absolute Gasteiger partial charge is 0.343 e. The molecule has 0 unspecified atom stereocenters. The smallest absolute Gasteiger partial charge is 0.279 e. The highest BCUT2D eigenvalue weighted by atomic mass is 35.5. The minimum absolute atomic E-state index is 0.243. The van der Waals surface area contributed by atoms with Crippen molar-refractivity contribution >= 4 is 52.3 Å². The number of thiophene rings is 1. The van der Waals surface area contributed by atoms with E-state index in [-0.39, 0.29) is 17.1 Å². The first kappa shape index (κ1) is 17.3. The van der Waals surface area contributed by atoms with Gasteiger partial charge >= 0.3 is 0 Å². The van der Waals surface area contributed by atoms with E-state index in [0.29, 0.717) is 9.90 Å². The van der Waals surface area contributed by atoms with Gasteiger partial charge in [0.15, 0.2) is 0 Å². The summed E-state index contributed by atoms with van der Waals surface area (Å²) in [6, 6.07) is 7.72. The second-order valence-electron chi connectivity index (χ2n) is 4.29. The summed E-state index contributed by atoms with van der Waals surface area (Å²) in [5, 5.41) is 4.72. The molecule has 0 aliphatic rings. The van der Waals surface area contributed by atoms with Crippen molar-refractivity contribution in [3.63, 3.8) is 0 Å². The SMILES string of the molecule is O=C(CNC(=O)c1ccc(Cl)c(Cl)c1)NNC(=O)c1cccs1. The van der Waals surface area contributed by atoms with Crippen LogP contribution in [0.25, 0.3) is 0 Å². The van der Waals surface area contributed by atoms with Crippen molar-refractivity contribution in [1.82, 2.24) is 16.2 Å². The topological polar surface area (TPSA) is 87.3 Å². The minimum Gasteiger partial charge on any atom is -0.343 e. The number of amides is 3. The first-order valence-corrected chi connectivity index (χ1v) is 7.97. The van der Waals surface area contributed by atoms with Gasteiger partial charge in [0.25, 0.3) is 17.7 Å². The van der Waals surface area contributed by atoms with Gasteiger partial charge in [0.2, 0.25) is 0 Å². The molecule has 1 aromatic heterocycles. The van der Waals surface area contributed by atoms with Gasteiger partial charge in [-0.1, -0.05) is 29.3 Å². The zero-order valence-corrected chi connectivity index (χ0v) is 13.9. The van der Waals surface area contributed by atoms with Gasteiger partial charge in [0.1, 0.15) is 0 Å². The van der Waals surface area contributed by atoms with Crippen LogP contribution in [-0.2, 0) is 4.79 Å². The number of nitrogens with one attached hydrogen (secondary N) is 3. The van der Waals surface area contributed by atoms with Crippen LogP contribution in [0.2, 0.25) is 10.0 Å². The number of hydrogen-bond acceptors (Lipinski definition) is 4. The molecule has 0 atom stereocenters. The lowest BCUT2D eigenvalue weighted by Crippen LogP contribution is -2.46. The first-order chi connectivity index (χ1) is 11.0. The Kier molecular flexibility index (Phi) is 5.97. The Morgan fingerprint density at radius 3 is 2.43 bits per heavy atom. The lowest BCUT2D eigenvalue weighted by atomic mass is 10.2. The second kappa shape index (κ2) is 7.96. The fourth-order valence-corrected chi connectivity index (χ4v) is 2.46. The molecule has 1 aromatic carbocycles. The fourth-order valence-electron chi connectivity index (χ4n) is 1.54. The number of carbonyl (C=O) groups excluding carboxylic acids is 3. The van der Waals surface area contributed by atoms with Crippen LogP contribution in [0.5, 0.6) is 0 Å². The van der Waals surface area contributed by atoms with Crippen molar-refractivity contribution in [2.24, 2.45) is 0 Å². The van der Waals surface area contributed by atoms with Gasteiger partial charge in [-0.15, -0.1) is 11.3 Å². The first-order valence-electron chi connectivity index (χ1n) is 6.33. The van der Waals surface area contributed by atoms with Crippen LogP contribution in [-0.4, -0.2) is 24.3 Å². The predicted octanol–water partition coefficient (Wildman–Crippen LogP) is 2.25. The molecule has 9 heteroatoms. The molecule has 6 nitrogen and oxygen atoms in total. The third kappa shape index (κ3) is 4.95. The third-order valence-corrected chi connectivity index (χ3v) is 4.26. The zero-order valence-electron chi connectivity index (χ0n) is 11.6. The van der Waals surface area contributed by atoms with Crippen molar-refractivity contribution in [1.29, 1.82) is 0 Å². The Morgan fingerprint density at radius 2 is 1.78 bits per heavy atom. The molecule has 0 radical (unpaired) electrons. The Balaban J connectivity index is 1.78. The lowest BCUT2D eigenvalue weighted by Gasteiger charge is -2.08. The fraction of sp³-hybridized carbons (Fsp3) is 0.0714. The Hall–Kier alpha value is -2.09. The van der Waals surface area contributed by atoms with E-state index in [4.69, 9.17) is 23.2 Å². The van der Waals surface area contributed by atoms with Crippen molar-refractivity contribution < 1.29 is 14.4 Å². The molecule has 0 saturated heterocycles. The highest BCUT2D eigenvalue weighted by Crippen LogP contribution is 2.22. The summed E-state index contributed by atoms with van der Waals surface area (Å²) < 4.78 is 0. The van der Waals surface area contributed by atoms with Gasteiger partial charge in [0, 0.05) is 5.56 Å². The highest BCUT2D eigenvalue weighted by molar-refractivity contribution is 7.12. The summed E-state index contributed by atoms with van der Waals surface area (Å²) in [4.78, 5) is 35.5. The van der Waals surface area contributed by atoms with E-state index < -0.39 is 17.7 Å². The minimum atomic E-state index is -0.566. The van der Waals surface area contributed by atoms with E-state index >= 15 is 0 Å². The van der Waals surface area contributed by atoms with Gasteiger partial charge in [-0.3, -0.25) is 25.2 Å². The molecular formula is C14H11Cl2N3O3S. The van der Waals surface area contributed by atoms with Crippen molar-refractivity contribution in [3.05, 3.63) is 56.2 Å². The van der Waals surface area contributed by atoms with E-state index in [0.717, 1.165) is 0 Å². The maximum atomic E-state index is 11.9. The number of hydrazine groups is 1. The van der Waals surface area contributed by atoms with E-state index in [1.165, 1.54) is 29.5 Å². The summed E-state index contributed by atoms with van der Waals surface area (Å²) in [7, 11) is 0. The Labute approximate surface area is 145 Å². The van der Waals surface area contributed by atoms with E-state index in [2.05, 4.69) is 16.2 Å². The Morgan fingerprint density at radius 1 is 1.00 bits per heavy atom. The van der Waals surface area contributed by atoms with Crippen LogP contribution in [0.4, 0.5) is 0 Å². The summed E-state index contributed by atoms with van der Waals surface area (Å²) in [5.41, 5.74) is 4.72. The molecule has 0 aliphatic heterocycles. The molecule has 2 rings (SSSR count). The van der Waals surface area contributed by atoms with Crippen LogP contribution in [0, 0.1) is 0 Å². The molecule has 0 bridgehead atoms. The zero-order chi connectivity index (χ0) is 16.8. The molecule has 3 N–H and O–H groups in total.